The third-order valence-electron chi connectivity index (χ3n) is 2.64. The van der Waals surface area contributed by atoms with Crippen molar-refractivity contribution >= 4 is 17.5 Å². The van der Waals surface area contributed by atoms with Gasteiger partial charge in [0, 0.05) is 18.9 Å². The first-order chi connectivity index (χ1) is 10.3. The molecule has 21 heavy (non-hydrogen) atoms. The van der Waals surface area contributed by atoms with Gasteiger partial charge in [0.1, 0.15) is 6.33 Å². The molecule has 0 bridgehead atoms. The molecule has 0 aliphatic rings. The second-order valence-corrected chi connectivity index (χ2v) is 4.70. The molecule has 8 nitrogen and oxygen atoms in total. The molecule has 0 spiro atoms. The fourth-order valence-corrected chi connectivity index (χ4v) is 1.81. The number of aromatic nitrogens is 7. The fourth-order valence-electron chi connectivity index (χ4n) is 1.68. The van der Waals surface area contributed by atoms with Gasteiger partial charge in [-0.25, -0.2) is 9.67 Å². The van der Waals surface area contributed by atoms with Crippen molar-refractivity contribution in [3.8, 4) is 11.9 Å². The molecule has 0 aliphatic heterocycles. The molecule has 1 N–H and O–H groups in total. The van der Waals surface area contributed by atoms with Gasteiger partial charge in [-0.3, -0.25) is 4.57 Å². The zero-order valence-corrected chi connectivity index (χ0v) is 12.1. The second kappa shape index (κ2) is 5.88. The lowest BCUT2D eigenvalue weighted by molar-refractivity contribution is 0.772. The highest BCUT2D eigenvalue weighted by atomic mass is 35.5. The number of anilines is 1. The Balaban J connectivity index is 2.04. The van der Waals surface area contributed by atoms with Gasteiger partial charge in [0.05, 0.1) is 17.4 Å². The van der Waals surface area contributed by atoms with Gasteiger partial charge in [-0.05, 0) is 6.42 Å². The van der Waals surface area contributed by atoms with Crippen molar-refractivity contribution in [3.63, 3.8) is 0 Å². The first kappa shape index (κ1) is 13.5. The molecule has 0 saturated heterocycles. The summed E-state index contributed by atoms with van der Waals surface area (Å²) in [6.45, 7) is 2.84. The van der Waals surface area contributed by atoms with Crippen LogP contribution in [0, 0.1) is 0 Å². The van der Waals surface area contributed by atoms with Crippen molar-refractivity contribution in [1.29, 1.82) is 0 Å². The van der Waals surface area contributed by atoms with Crippen LogP contribution in [0.5, 0.6) is 0 Å². The second-order valence-electron chi connectivity index (χ2n) is 4.26. The van der Waals surface area contributed by atoms with Crippen molar-refractivity contribution in [2.45, 2.75) is 13.3 Å². The fraction of sp³-hybridized carbons (Fsp3) is 0.250. The third-order valence-corrected chi connectivity index (χ3v) is 2.83. The van der Waals surface area contributed by atoms with E-state index in [2.05, 4.69) is 37.3 Å². The van der Waals surface area contributed by atoms with Crippen LogP contribution in [0.25, 0.3) is 11.9 Å². The molecule has 0 aromatic carbocycles. The molecule has 3 rings (SSSR count). The van der Waals surface area contributed by atoms with Crippen LogP contribution in [0.2, 0.25) is 5.02 Å². The highest BCUT2D eigenvalue weighted by Crippen LogP contribution is 2.12. The van der Waals surface area contributed by atoms with Crippen LogP contribution in [0.1, 0.15) is 13.3 Å². The average molecular weight is 305 g/mol. The van der Waals surface area contributed by atoms with E-state index in [9.17, 15) is 0 Å². The van der Waals surface area contributed by atoms with Gasteiger partial charge in [0.15, 0.2) is 0 Å². The monoisotopic (exact) mass is 304 g/mol. The zero-order chi connectivity index (χ0) is 14.7. The molecule has 3 heterocycles. The Morgan fingerprint density at radius 1 is 1.24 bits per heavy atom. The molecule has 0 fully saturated rings. The van der Waals surface area contributed by atoms with Gasteiger partial charge in [-0.1, -0.05) is 18.5 Å². The van der Waals surface area contributed by atoms with Gasteiger partial charge in [0.2, 0.25) is 11.9 Å². The normalized spacial score (nSPS) is 10.8. The Labute approximate surface area is 125 Å². The predicted octanol–water partition coefficient (Wildman–Crippen LogP) is 1.72. The van der Waals surface area contributed by atoms with Crippen LogP contribution in [-0.2, 0) is 0 Å². The van der Waals surface area contributed by atoms with E-state index in [0.717, 1.165) is 13.0 Å². The maximum Gasteiger partial charge on any atom is 0.257 e. The summed E-state index contributed by atoms with van der Waals surface area (Å²) >= 11 is 5.89. The predicted molar refractivity (Wildman–Crippen MR) is 77.9 cm³/mol. The van der Waals surface area contributed by atoms with Gasteiger partial charge < -0.3 is 5.32 Å². The molecular weight excluding hydrogens is 292 g/mol. The summed E-state index contributed by atoms with van der Waals surface area (Å²) in [5.74, 6) is 1.33. The Kier molecular flexibility index (Phi) is 3.78. The molecule has 108 valence electrons. The summed E-state index contributed by atoms with van der Waals surface area (Å²) in [4.78, 5) is 17.1. The van der Waals surface area contributed by atoms with Crippen molar-refractivity contribution in [2.75, 3.05) is 11.9 Å². The van der Waals surface area contributed by atoms with E-state index < -0.39 is 0 Å². The van der Waals surface area contributed by atoms with Crippen LogP contribution in [0.3, 0.4) is 0 Å². The summed E-state index contributed by atoms with van der Waals surface area (Å²) in [5.41, 5.74) is 0. The van der Waals surface area contributed by atoms with Crippen LogP contribution in [-0.4, -0.2) is 40.8 Å². The highest BCUT2D eigenvalue weighted by molar-refractivity contribution is 6.30. The molecule has 0 amide bonds. The van der Waals surface area contributed by atoms with Crippen LogP contribution in [0.15, 0.2) is 31.1 Å². The topological polar surface area (TPSA) is 86.3 Å². The first-order valence-corrected chi connectivity index (χ1v) is 6.83. The van der Waals surface area contributed by atoms with E-state index >= 15 is 0 Å². The molecule has 0 unspecified atom stereocenters. The Hall–Kier alpha value is -2.48. The van der Waals surface area contributed by atoms with Gasteiger partial charge in [0.25, 0.3) is 5.95 Å². The number of hydrogen-bond donors (Lipinski definition) is 1. The quantitative estimate of drug-likeness (QED) is 0.772. The summed E-state index contributed by atoms with van der Waals surface area (Å²) in [6, 6.07) is 0. The lowest BCUT2D eigenvalue weighted by Crippen LogP contribution is -2.13. The van der Waals surface area contributed by atoms with E-state index in [1.54, 1.807) is 29.5 Å². The molecule has 0 saturated carbocycles. The lowest BCUT2D eigenvalue weighted by Gasteiger charge is -2.08. The first-order valence-electron chi connectivity index (χ1n) is 6.45. The number of nitrogens with zero attached hydrogens (tertiary/aromatic N) is 7. The van der Waals surface area contributed by atoms with E-state index in [0.29, 0.717) is 22.9 Å². The summed E-state index contributed by atoms with van der Waals surface area (Å²) in [7, 11) is 0. The Bertz CT molecular complexity index is 721. The number of imidazole rings is 1. The summed E-state index contributed by atoms with van der Waals surface area (Å²) in [6.07, 6.45) is 9.18. The van der Waals surface area contributed by atoms with Crippen molar-refractivity contribution < 1.29 is 0 Å². The molecule has 9 heteroatoms. The van der Waals surface area contributed by atoms with Crippen LogP contribution >= 0.6 is 11.6 Å². The smallest absolute Gasteiger partial charge is 0.257 e. The molecular formula is C12H13ClN8. The number of nitrogens with one attached hydrogen (secondary N) is 1. The minimum atomic E-state index is 0.388. The van der Waals surface area contributed by atoms with E-state index in [1.807, 2.05) is 0 Å². The SMILES string of the molecule is CCCNc1nc(-n2ccnc2)nc(-n2cc(Cl)cn2)n1. The summed E-state index contributed by atoms with van der Waals surface area (Å²) in [5, 5.41) is 7.77. The Morgan fingerprint density at radius 3 is 2.76 bits per heavy atom. The number of rotatable bonds is 5. The van der Waals surface area contributed by atoms with E-state index in [4.69, 9.17) is 11.6 Å². The van der Waals surface area contributed by atoms with E-state index in [1.165, 1.54) is 10.9 Å². The minimum absolute atomic E-state index is 0.388. The lowest BCUT2D eigenvalue weighted by atomic mass is 10.5. The van der Waals surface area contributed by atoms with Crippen LogP contribution < -0.4 is 5.32 Å². The summed E-state index contributed by atoms with van der Waals surface area (Å²) < 4.78 is 3.20. The zero-order valence-electron chi connectivity index (χ0n) is 11.3. The van der Waals surface area contributed by atoms with Gasteiger partial charge >= 0.3 is 0 Å². The minimum Gasteiger partial charge on any atom is -0.354 e. The largest absolute Gasteiger partial charge is 0.354 e. The van der Waals surface area contributed by atoms with Gasteiger partial charge in [-0.15, -0.1) is 0 Å². The van der Waals surface area contributed by atoms with Crippen molar-refractivity contribution in [3.05, 3.63) is 36.1 Å². The Morgan fingerprint density at radius 2 is 2.10 bits per heavy atom. The van der Waals surface area contributed by atoms with Gasteiger partial charge in [-0.2, -0.15) is 20.1 Å². The van der Waals surface area contributed by atoms with Crippen LogP contribution in [0.4, 0.5) is 5.95 Å². The molecule has 0 atom stereocenters. The number of halogens is 1. The number of hydrogen-bond acceptors (Lipinski definition) is 6. The van der Waals surface area contributed by atoms with E-state index in [-0.39, 0.29) is 0 Å². The third kappa shape index (κ3) is 3.00. The maximum atomic E-state index is 5.89. The highest BCUT2D eigenvalue weighted by Gasteiger charge is 2.10. The standard InChI is InChI=1S/C12H13ClN8/c1-2-3-15-10-17-11(20-5-4-14-8-20)19-12(18-10)21-7-9(13)6-16-21/h4-8H,2-3H2,1H3,(H,15,17,18,19). The molecule has 3 aromatic rings. The average Bonchev–Trinajstić information content (AvgIpc) is 3.16. The van der Waals surface area contributed by atoms with Crippen molar-refractivity contribution in [2.24, 2.45) is 0 Å². The van der Waals surface area contributed by atoms with Crippen molar-refractivity contribution in [1.82, 2.24) is 34.3 Å². The maximum absolute atomic E-state index is 5.89. The molecule has 0 aliphatic carbocycles. The molecule has 0 radical (unpaired) electrons. The molecule has 3 aromatic heterocycles.